The van der Waals surface area contributed by atoms with Crippen molar-refractivity contribution in [3.63, 3.8) is 0 Å². The van der Waals surface area contributed by atoms with Gasteiger partial charge in [0.25, 0.3) is 5.91 Å². The van der Waals surface area contributed by atoms with Crippen LogP contribution in [0.25, 0.3) is 21.8 Å². The van der Waals surface area contributed by atoms with Gasteiger partial charge in [-0.3, -0.25) is 77.0 Å². The minimum Gasteiger partial charge on any atom is -0.355 e. The highest BCUT2D eigenvalue weighted by Gasteiger charge is 2.49. The van der Waals surface area contributed by atoms with E-state index in [9.17, 15) is 67.0 Å². The molecule has 26 nitrogen and oxygen atoms in total. The maximum Gasteiger partial charge on any atom is 0.339 e. The monoisotopic (exact) mass is 1220 g/mol. The summed E-state index contributed by atoms with van der Waals surface area (Å²) in [7, 11) is -17.9. The lowest BCUT2D eigenvalue weighted by Crippen LogP contribution is -2.48. The number of pyridine rings is 2. The third-order valence-electron chi connectivity index (χ3n) is 15.0. The Hall–Kier alpha value is -3.52. The van der Waals surface area contributed by atoms with Gasteiger partial charge in [0.05, 0.1) is 29.0 Å². The number of nitrogens with zero attached hydrogens (tertiary/aromatic N) is 11. The highest BCUT2D eigenvalue weighted by Crippen LogP contribution is 2.38. The summed E-state index contributed by atoms with van der Waals surface area (Å²) >= 11 is 0. The fraction of sp³-hybridized carbons (Fsp3) is 0.615. The van der Waals surface area contributed by atoms with Crippen molar-refractivity contribution in [2.75, 3.05) is 149 Å². The third-order valence-corrected chi connectivity index (χ3v) is 18.1. The van der Waals surface area contributed by atoms with E-state index in [1.165, 1.54) is 0 Å². The summed E-state index contributed by atoms with van der Waals surface area (Å²) in [6.07, 6.45) is 0.317. The smallest absolute Gasteiger partial charge is 0.339 e. The molecule has 2 amide bonds. The fourth-order valence-electron chi connectivity index (χ4n) is 10.7. The van der Waals surface area contributed by atoms with E-state index in [1.807, 2.05) is 78.2 Å². The van der Waals surface area contributed by atoms with Gasteiger partial charge in [-0.15, -0.1) is 0 Å². The molecule has 0 radical (unpaired) electrons. The first kappa shape index (κ1) is 66.0. The van der Waals surface area contributed by atoms with Gasteiger partial charge in [0, 0.05) is 142 Å². The van der Waals surface area contributed by atoms with Gasteiger partial charge in [-0.1, -0.05) is 48.2 Å². The Morgan fingerprint density at radius 3 is 1.26 bits per heavy atom. The van der Waals surface area contributed by atoms with Crippen molar-refractivity contribution < 1.29 is 67.0 Å². The molecule has 0 aliphatic carbocycles. The number of carbonyl (C=O) groups excluding carboxylic acids is 2. The Kier molecular flexibility index (Phi) is 24.3. The second-order valence-corrected chi connectivity index (χ2v) is 28.7. The maximum absolute atomic E-state index is 13.4. The average molecular weight is 1230 g/mol. The van der Waals surface area contributed by atoms with Crippen molar-refractivity contribution in [2.45, 2.75) is 58.8 Å². The summed E-state index contributed by atoms with van der Waals surface area (Å²) in [4.78, 5) is 133. The number of aromatic nitrogens is 2. The Labute approximate surface area is 480 Å². The first-order valence-electron chi connectivity index (χ1n) is 28.0. The molecule has 1 unspecified atom stereocenters. The van der Waals surface area contributed by atoms with E-state index >= 15 is 0 Å². The molecule has 0 saturated carbocycles. The number of nitrogens with one attached hydrogen (secondary N) is 1. The summed E-state index contributed by atoms with van der Waals surface area (Å²) in [5, 5.41) is 4.96. The van der Waals surface area contributed by atoms with Gasteiger partial charge in [-0.05, 0) is 63.1 Å². The molecule has 3 fully saturated rings. The number of fused-ring (bicyclic) bond motifs is 2. The van der Waals surface area contributed by atoms with Crippen LogP contribution in [0.15, 0.2) is 60.7 Å². The summed E-state index contributed by atoms with van der Waals surface area (Å²) in [6, 6.07) is 19.9. The van der Waals surface area contributed by atoms with Crippen LogP contribution in [0.5, 0.6) is 0 Å². The van der Waals surface area contributed by atoms with E-state index in [0.29, 0.717) is 78.3 Å². The predicted molar refractivity (Wildman–Crippen MR) is 312 cm³/mol. The molecule has 3 aliphatic heterocycles. The van der Waals surface area contributed by atoms with Gasteiger partial charge in [0.1, 0.15) is 25.1 Å². The average Bonchev–Trinajstić information content (AvgIpc) is 4.02. The van der Waals surface area contributed by atoms with Crippen LogP contribution in [0.1, 0.15) is 48.2 Å². The minimum absolute atomic E-state index is 0.0437. The zero-order valence-electron chi connectivity index (χ0n) is 47.1. The van der Waals surface area contributed by atoms with Crippen LogP contribution in [0, 0.1) is 13.8 Å². The lowest BCUT2D eigenvalue weighted by Gasteiger charge is -2.34. The number of rotatable bonds is 22. The molecule has 30 heteroatoms. The van der Waals surface area contributed by atoms with Crippen LogP contribution in [-0.2, 0) is 40.9 Å². The molecule has 4 aromatic rings. The SMILES string of the molecule is Cc1ccc2nc(CN3CCN(CP(=O)(O)O)CCN(CC(=O)NCCCCCCN4C(=O)C4N4CCN(CP(=O)(O)O)CCN(Cc5ccc6cc(C)ccc6n5)CCN(CP(=O)(O)O)CC4)CCN(CP(=O)(O)O)CC3)ccc2c1. The number of unbranched alkanes of at least 4 members (excludes halogenated alkanes) is 3. The van der Waals surface area contributed by atoms with Crippen molar-refractivity contribution in [2.24, 2.45) is 0 Å². The summed E-state index contributed by atoms with van der Waals surface area (Å²) in [5.74, 6) is -0.373. The summed E-state index contributed by atoms with van der Waals surface area (Å²) in [6.45, 7) is 10.4. The van der Waals surface area contributed by atoms with Crippen molar-refractivity contribution in [1.29, 1.82) is 0 Å². The molecule has 0 spiro atoms. The van der Waals surface area contributed by atoms with Gasteiger partial charge in [0.2, 0.25) is 5.91 Å². The van der Waals surface area contributed by atoms with Crippen molar-refractivity contribution in [3.8, 4) is 0 Å². The van der Waals surface area contributed by atoms with E-state index < -0.39 is 61.7 Å². The molecular formula is C52H84N12O14P4. The highest BCUT2D eigenvalue weighted by atomic mass is 31.2. The van der Waals surface area contributed by atoms with Gasteiger partial charge < -0.3 is 49.4 Å². The molecule has 82 heavy (non-hydrogen) atoms. The van der Waals surface area contributed by atoms with Crippen LogP contribution in [0.4, 0.5) is 0 Å². The highest BCUT2D eigenvalue weighted by molar-refractivity contribution is 7.52. The molecule has 0 bridgehead atoms. The molecular weight excluding hydrogens is 1140 g/mol. The fourth-order valence-corrected chi connectivity index (χ4v) is 13.9. The van der Waals surface area contributed by atoms with E-state index in [2.05, 4.69) is 21.2 Å². The van der Waals surface area contributed by atoms with E-state index in [1.54, 1.807) is 24.5 Å². The maximum atomic E-state index is 13.4. The third kappa shape index (κ3) is 23.4. The molecule has 2 aromatic carbocycles. The number of carbonyl (C=O) groups is 2. The van der Waals surface area contributed by atoms with Crippen LogP contribution in [0.2, 0.25) is 0 Å². The predicted octanol–water partition coefficient (Wildman–Crippen LogP) is 1.93. The Bertz CT molecular complexity index is 2890. The molecule has 3 saturated heterocycles. The molecule has 1 atom stereocenters. The van der Waals surface area contributed by atoms with Crippen LogP contribution in [0.3, 0.4) is 0 Å². The van der Waals surface area contributed by atoms with Crippen molar-refractivity contribution in [3.05, 3.63) is 83.2 Å². The van der Waals surface area contributed by atoms with Crippen molar-refractivity contribution in [1.82, 2.24) is 59.4 Å². The van der Waals surface area contributed by atoms with Crippen LogP contribution < -0.4 is 5.32 Å². The lowest BCUT2D eigenvalue weighted by atomic mass is 10.1. The largest absolute Gasteiger partial charge is 0.355 e. The van der Waals surface area contributed by atoms with Gasteiger partial charge in [-0.25, -0.2) is 0 Å². The van der Waals surface area contributed by atoms with E-state index in [0.717, 1.165) is 57.2 Å². The number of amides is 2. The number of hydrogen-bond donors (Lipinski definition) is 9. The molecule has 9 N–H and O–H groups in total. The molecule has 456 valence electrons. The van der Waals surface area contributed by atoms with Gasteiger partial charge in [0.15, 0.2) is 6.17 Å². The van der Waals surface area contributed by atoms with Crippen LogP contribution in [-0.4, -0.2) is 261 Å². The van der Waals surface area contributed by atoms with Gasteiger partial charge in [-0.2, -0.15) is 0 Å². The number of hydrogen-bond acceptors (Lipinski definition) is 16. The van der Waals surface area contributed by atoms with E-state index in [-0.39, 0.29) is 83.8 Å². The zero-order chi connectivity index (χ0) is 59.2. The number of aryl methyl sites for hydroxylation is 2. The molecule has 7 rings (SSSR count). The lowest BCUT2D eigenvalue weighted by molar-refractivity contribution is -0.122. The second kappa shape index (κ2) is 30.2. The van der Waals surface area contributed by atoms with E-state index in [4.69, 9.17) is 9.97 Å². The second-order valence-electron chi connectivity index (χ2n) is 22.2. The summed E-state index contributed by atoms with van der Waals surface area (Å²) < 4.78 is 49.3. The first-order valence-corrected chi connectivity index (χ1v) is 35.2. The molecule has 2 aromatic heterocycles. The summed E-state index contributed by atoms with van der Waals surface area (Å²) in [5.41, 5.74) is 5.46. The Balaban J connectivity index is 0.884. The Morgan fingerprint density at radius 1 is 0.488 bits per heavy atom. The first-order chi connectivity index (χ1) is 38.7. The topological polar surface area (TPSA) is 331 Å². The van der Waals surface area contributed by atoms with Crippen molar-refractivity contribution >= 4 is 64.0 Å². The molecule has 5 heterocycles. The van der Waals surface area contributed by atoms with Crippen LogP contribution >= 0.6 is 30.4 Å². The molecule has 3 aliphatic rings. The zero-order valence-corrected chi connectivity index (χ0v) is 50.7. The number of benzene rings is 2. The quantitative estimate of drug-likeness (QED) is 0.0308. The minimum atomic E-state index is -4.47. The normalized spacial score (nSPS) is 20.1. The van der Waals surface area contributed by atoms with Gasteiger partial charge >= 0.3 is 30.4 Å². The Morgan fingerprint density at radius 2 is 0.854 bits per heavy atom. The standard InChI is InChI=1S/C52H84N12O14P4/c1-42-7-13-48-44(33-42)9-11-46(54-48)35-56-17-23-59(38-79(67,68)69)27-21-58(22-28-60(24-18-56)39-80(70,71)72)37-50(65)53-15-5-3-4-6-16-64-51(52(64)66)63-31-29-61(40-81(73,74)75)25-19-57(20-26-62(30-32-63)41-82(76,77)78)36-47-12-10-45-34-43(2)8-14-49(45)55-47/h7-14,33-34,51H,3-6,15-32,35-41H2,1-2H3,(H,53,65)(H2,67,68,69)(H2,70,71,72)(H2,73,74,75)(H2,76,77,78).